The Morgan fingerprint density at radius 3 is 2.92 bits per heavy atom. The van der Waals surface area contributed by atoms with E-state index in [1.807, 2.05) is 6.92 Å². The highest BCUT2D eigenvalue weighted by Gasteiger charge is 2.24. The Bertz CT molecular complexity index is 128. The van der Waals surface area contributed by atoms with Crippen molar-refractivity contribution in [1.29, 1.82) is 0 Å². The number of hydrogen-bond donors (Lipinski definition) is 2. The summed E-state index contributed by atoms with van der Waals surface area (Å²) in [6.45, 7) is 3.90. The van der Waals surface area contributed by atoms with Crippen molar-refractivity contribution in [2.75, 3.05) is 19.7 Å². The highest BCUT2D eigenvalue weighted by Crippen LogP contribution is 2.20. The molecule has 72 valence electrons. The Balaban J connectivity index is 2.30. The predicted molar refractivity (Wildman–Crippen MR) is 48.0 cm³/mol. The quantitative estimate of drug-likeness (QED) is 0.639. The predicted octanol–water partition coefficient (Wildman–Crippen LogP) is 0.214. The monoisotopic (exact) mass is 173 g/mol. The molecule has 3 nitrogen and oxygen atoms in total. The molecule has 1 aliphatic heterocycles. The molecule has 1 rings (SSSR count). The van der Waals surface area contributed by atoms with Gasteiger partial charge in [0.15, 0.2) is 0 Å². The SMILES string of the molecule is CC(O)CC1CCCN1CCO. The van der Waals surface area contributed by atoms with Crippen LogP contribution < -0.4 is 0 Å². The maximum atomic E-state index is 9.21. The van der Waals surface area contributed by atoms with E-state index in [2.05, 4.69) is 4.90 Å². The van der Waals surface area contributed by atoms with Crippen LogP contribution in [0.15, 0.2) is 0 Å². The summed E-state index contributed by atoms with van der Waals surface area (Å²) >= 11 is 0. The van der Waals surface area contributed by atoms with E-state index in [4.69, 9.17) is 5.11 Å². The first kappa shape index (κ1) is 9.96. The molecule has 1 saturated heterocycles. The maximum absolute atomic E-state index is 9.21. The third kappa shape index (κ3) is 2.73. The molecule has 2 atom stereocenters. The molecule has 1 fully saturated rings. The second-order valence-corrected chi connectivity index (χ2v) is 3.64. The normalized spacial score (nSPS) is 27.8. The molecule has 12 heavy (non-hydrogen) atoms. The number of aliphatic hydroxyl groups is 2. The zero-order valence-electron chi connectivity index (χ0n) is 7.74. The fraction of sp³-hybridized carbons (Fsp3) is 1.00. The third-order valence-corrected chi connectivity index (χ3v) is 2.50. The van der Waals surface area contributed by atoms with Gasteiger partial charge in [-0.3, -0.25) is 4.90 Å². The highest BCUT2D eigenvalue weighted by molar-refractivity contribution is 4.80. The molecule has 1 heterocycles. The van der Waals surface area contributed by atoms with Crippen LogP contribution in [0.5, 0.6) is 0 Å². The van der Waals surface area contributed by atoms with Crippen LogP contribution in [-0.4, -0.2) is 47.0 Å². The van der Waals surface area contributed by atoms with E-state index in [1.54, 1.807) is 0 Å². The Morgan fingerprint density at radius 1 is 1.58 bits per heavy atom. The summed E-state index contributed by atoms with van der Waals surface area (Å²) in [5, 5.41) is 18.0. The topological polar surface area (TPSA) is 43.7 Å². The lowest BCUT2D eigenvalue weighted by Crippen LogP contribution is -2.34. The van der Waals surface area contributed by atoms with Crippen LogP contribution >= 0.6 is 0 Å². The molecule has 2 unspecified atom stereocenters. The number of aliphatic hydroxyl groups excluding tert-OH is 2. The number of β-amino-alcohol motifs (C(OH)–C–C–N with tert-alkyl or cyclic N) is 1. The van der Waals surface area contributed by atoms with Crippen molar-refractivity contribution in [3.8, 4) is 0 Å². The first-order chi connectivity index (χ1) is 5.74. The summed E-state index contributed by atoms with van der Waals surface area (Å²) in [4.78, 5) is 2.27. The van der Waals surface area contributed by atoms with E-state index in [1.165, 1.54) is 12.8 Å². The number of likely N-dealkylation sites (tertiary alicyclic amines) is 1. The van der Waals surface area contributed by atoms with Gasteiger partial charge in [0.2, 0.25) is 0 Å². The highest BCUT2D eigenvalue weighted by atomic mass is 16.3. The number of nitrogens with zero attached hydrogens (tertiary/aromatic N) is 1. The Labute approximate surface area is 74.0 Å². The van der Waals surface area contributed by atoms with Gasteiger partial charge in [0, 0.05) is 12.6 Å². The van der Waals surface area contributed by atoms with Crippen LogP contribution in [0.2, 0.25) is 0 Å². The van der Waals surface area contributed by atoms with Gasteiger partial charge in [-0.05, 0) is 32.7 Å². The van der Waals surface area contributed by atoms with E-state index in [0.717, 1.165) is 19.5 Å². The first-order valence-corrected chi connectivity index (χ1v) is 4.77. The van der Waals surface area contributed by atoms with Gasteiger partial charge in [-0.2, -0.15) is 0 Å². The smallest absolute Gasteiger partial charge is 0.0558 e. The Kier molecular flexibility index (Phi) is 3.98. The minimum atomic E-state index is -0.214. The van der Waals surface area contributed by atoms with Gasteiger partial charge in [0.25, 0.3) is 0 Å². The minimum absolute atomic E-state index is 0.214. The minimum Gasteiger partial charge on any atom is -0.395 e. The van der Waals surface area contributed by atoms with Crippen molar-refractivity contribution in [3.63, 3.8) is 0 Å². The molecular formula is C9H19NO2. The van der Waals surface area contributed by atoms with Crippen molar-refractivity contribution in [2.45, 2.75) is 38.3 Å². The van der Waals surface area contributed by atoms with E-state index in [-0.39, 0.29) is 12.7 Å². The summed E-state index contributed by atoms with van der Waals surface area (Å²) in [5.41, 5.74) is 0. The van der Waals surface area contributed by atoms with Gasteiger partial charge in [0.1, 0.15) is 0 Å². The van der Waals surface area contributed by atoms with Gasteiger partial charge >= 0.3 is 0 Å². The molecule has 0 spiro atoms. The van der Waals surface area contributed by atoms with Crippen molar-refractivity contribution >= 4 is 0 Å². The van der Waals surface area contributed by atoms with Crippen LogP contribution in [0.4, 0.5) is 0 Å². The zero-order chi connectivity index (χ0) is 8.97. The van der Waals surface area contributed by atoms with E-state index < -0.39 is 0 Å². The largest absolute Gasteiger partial charge is 0.395 e. The fourth-order valence-corrected chi connectivity index (χ4v) is 1.98. The summed E-state index contributed by atoms with van der Waals surface area (Å²) in [5.74, 6) is 0. The molecule has 1 aliphatic rings. The third-order valence-electron chi connectivity index (χ3n) is 2.50. The molecule has 0 amide bonds. The van der Waals surface area contributed by atoms with Gasteiger partial charge < -0.3 is 10.2 Å². The molecule has 2 N–H and O–H groups in total. The molecule has 0 aromatic rings. The average molecular weight is 173 g/mol. The molecule has 0 saturated carbocycles. The molecule has 0 bridgehead atoms. The van der Waals surface area contributed by atoms with Crippen molar-refractivity contribution in [2.24, 2.45) is 0 Å². The summed E-state index contributed by atoms with van der Waals surface area (Å²) < 4.78 is 0. The molecule has 0 aromatic carbocycles. The fourth-order valence-electron chi connectivity index (χ4n) is 1.98. The van der Waals surface area contributed by atoms with Crippen molar-refractivity contribution in [3.05, 3.63) is 0 Å². The average Bonchev–Trinajstić information content (AvgIpc) is 2.37. The van der Waals surface area contributed by atoms with Crippen molar-refractivity contribution in [1.82, 2.24) is 4.90 Å². The molecular weight excluding hydrogens is 154 g/mol. The van der Waals surface area contributed by atoms with Gasteiger partial charge in [-0.25, -0.2) is 0 Å². The van der Waals surface area contributed by atoms with E-state index in [0.29, 0.717) is 6.04 Å². The molecule has 0 radical (unpaired) electrons. The van der Waals surface area contributed by atoms with Crippen LogP contribution in [0, 0.1) is 0 Å². The lowest BCUT2D eigenvalue weighted by Gasteiger charge is -2.24. The Hall–Kier alpha value is -0.120. The van der Waals surface area contributed by atoms with E-state index in [9.17, 15) is 5.11 Å². The number of hydrogen-bond acceptors (Lipinski definition) is 3. The van der Waals surface area contributed by atoms with Gasteiger partial charge in [-0.1, -0.05) is 0 Å². The zero-order valence-corrected chi connectivity index (χ0v) is 7.74. The number of rotatable bonds is 4. The summed E-state index contributed by atoms with van der Waals surface area (Å²) in [6.07, 6.45) is 3.01. The standard InChI is InChI=1S/C9H19NO2/c1-8(12)7-9-3-2-4-10(9)5-6-11/h8-9,11-12H,2-7H2,1H3. The Morgan fingerprint density at radius 2 is 2.33 bits per heavy atom. The molecule has 0 aliphatic carbocycles. The van der Waals surface area contributed by atoms with Crippen LogP contribution in [0.3, 0.4) is 0 Å². The molecule has 3 heteroatoms. The van der Waals surface area contributed by atoms with Crippen molar-refractivity contribution < 1.29 is 10.2 Å². The van der Waals surface area contributed by atoms with E-state index >= 15 is 0 Å². The van der Waals surface area contributed by atoms with Crippen LogP contribution in [0.25, 0.3) is 0 Å². The molecule has 0 aromatic heterocycles. The maximum Gasteiger partial charge on any atom is 0.0558 e. The summed E-state index contributed by atoms with van der Waals surface area (Å²) in [7, 11) is 0. The van der Waals surface area contributed by atoms with Crippen LogP contribution in [-0.2, 0) is 0 Å². The lowest BCUT2D eigenvalue weighted by atomic mass is 10.1. The second-order valence-electron chi connectivity index (χ2n) is 3.64. The van der Waals surface area contributed by atoms with Crippen LogP contribution in [0.1, 0.15) is 26.2 Å². The first-order valence-electron chi connectivity index (χ1n) is 4.77. The lowest BCUT2D eigenvalue weighted by molar-refractivity contribution is 0.120. The van der Waals surface area contributed by atoms with Gasteiger partial charge in [0.05, 0.1) is 12.7 Å². The van der Waals surface area contributed by atoms with Gasteiger partial charge in [-0.15, -0.1) is 0 Å². The second kappa shape index (κ2) is 4.80. The summed E-state index contributed by atoms with van der Waals surface area (Å²) in [6, 6.07) is 0.497.